The van der Waals surface area contributed by atoms with Crippen LogP contribution in [0.1, 0.15) is 30.2 Å². The predicted molar refractivity (Wildman–Crippen MR) is 91.3 cm³/mol. The van der Waals surface area contributed by atoms with E-state index in [2.05, 4.69) is 42.2 Å². The van der Waals surface area contributed by atoms with E-state index in [9.17, 15) is 4.79 Å². The summed E-state index contributed by atoms with van der Waals surface area (Å²) >= 11 is 0. The number of nitrogens with zero attached hydrogens (tertiary/aromatic N) is 2. The number of hydrogen-bond donors (Lipinski definition) is 1. The van der Waals surface area contributed by atoms with Gasteiger partial charge in [-0.1, -0.05) is 31.2 Å². The topological polar surface area (TPSA) is 51.3 Å². The highest BCUT2D eigenvalue weighted by Gasteiger charge is 2.20. The van der Waals surface area contributed by atoms with E-state index < -0.39 is 0 Å². The molecule has 0 saturated carbocycles. The molecule has 3 rings (SSSR count). The van der Waals surface area contributed by atoms with Crippen LogP contribution in [0, 0.1) is 6.92 Å². The van der Waals surface area contributed by atoms with Gasteiger partial charge in [-0.25, -0.2) is 0 Å². The molecule has 1 aromatic heterocycles. The van der Waals surface area contributed by atoms with Gasteiger partial charge >= 0.3 is 0 Å². The maximum Gasteiger partial charge on any atom is 0.276 e. The number of anilines is 2. The fraction of sp³-hybridized carbons (Fsp3) is 0.389. The molecular weight excluding hydrogens is 274 g/mol. The summed E-state index contributed by atoms with van der Waals surface area (Å²) in [6.45, 7) is 6.49. The molecule has 22 heavy (non-hydrogen) atoms. The molecule has 0 saturated heterocycles. The molecule has 0 atom stereocenters. The lowest BCUT2D eigenvalue weighted by molar-refractivity contribution is 0.634. The number of aryl methyl sites for hydroxylation is 1. The van der Waals surface area contributed by atoms with E-state index in [0.717, 1.165) is 43.9 Å². The summed E-state index contributed by atoms with van der Waals surface area (Å²) in [5.41, 5.74) is 11.1. The lowest BCUT2D eigenvalue weighted by Crippen LogP contribution is -2.34. The van der Waals surface area contributed by atoms with E-state index in [1.54, 1.807) is 4.57 Å². The molecule has 0 spiro atoms. The molecule has 4 nitrogen and oxygen atoms in total. The van der Waals surface area contributed by atoms with Crippen LogP contribution in [0.5, 0.6) is 0 Å². The molecule has 1 aromatic carbocycles. The SMILES string of the molecule is CCCn1c(C)cc(N2CCc3ccccc3C2)c(N)c1=O. The molecule has 0 radical (unpaired) electrons. The first-order valence-electron chi connectivity index (χ1n) is 7.93. The van der Waals surface area contributed by atoms with Crippen LogP contribution in [0.4, 0.5) is 11.4 Å². The molecule has 0 fully saturated rings. The third kappa shape index (κ3) is 2.49. The first-order valence-corrected chi connectivity index (χ1v) is 7.93. The molecule has 2 N–H and O–H groups in total. The normalized spacial score (nSPS) is 14.0. The fourth-order valence-electron chi connectivity index (χ4n) is 3.23. The second-order valence-electron chi connectivity index (χ2n) is 5.98. The second kappa shape index (κ2) is 5.87. The fourth-order valence-corrected chi connectivity index (χ4v) is 3.23. The Morgan fingerprint density at radius 3 is 2.68 bits per heavy atom. The van der Waals surface area contributed by atoms with Gasteiger partial charge in [0.25, 0.3) is 5.56 Å². The van der Waals surface area contributed by atoms with Crippen LogP contribution >= 0.6 is 0 Å². The number of nitrogens with two attached hydrogens (primary N) is 1. The number of pyridine rings is 1. The number of rotatable bonds is 3. The van der Waals surface area contributed by atoms with Crippen molar-refractivity contribution in [3.05, 3.63) is 57.5 Å². The zero-order valence-corrected chi connectivity index (χ0v) is 13.3. The molecule has 4 heteroatoms. The van der Waals surface area contributed by atoms with Gasteiger partial charge in [0.05, 0.1) is 5.69 Å². The zero-order chi connectivity index (χ0) is 15.7. The van der Waals surface area contributed by atoms with Crippen LogP contribution < -0.4 is 16.2 Å². The number of fused-ring (bicyclic) bond motifs is 1. The number of benzene rings is 1. The van der Waals surface area contributed by atoms with E-state index >= 15 is 0 Å². The van der Waals surface area contributed by atoms with Gasteiger partial charge in [-0.05, 0) is 37.0 Å². The van der Waals surface area contributed by atoms with Crippen molar-refractivity contribution in [2.75, 3.05) is 17.2 Å². The standard InChI is InChI=1S/C18H23N3O/c1-3-9-21-13(2)11-16(17(19)18(21)22)20-10-8-14-6-4-5-7-15(14)12-20/h4-7,11H,3,8-10,12,19H2,1-2H3. The van der Waals surface area contributed by atoms with E-state index in [1.165, 1.54) is 11.1 Å². The zero-order valence-electron chi connectivity index (χ0n) is 13.3. The van der Waals surface area contributed by atoms with Gasteiger partial charge in [0.1, 0.15) is 5.69 Å². The molecule has 0 aliphatic carbocycles. The minimum Gasteiger partial charge on any atom is -0.393 e. The molecule has 116 valence electrons. The highest BCUT2D eigenvalue weighted by molar-refractivity contribution is 5.67. The largest absolute Gasteiger partial charge is 0.393 e. The summed E-state index contributed by atoms with van der Waals surface area (Å²) in [6.07, 6.45) is 1.92. The summed E-state index contributed by atoms with van der Waals surface area (Å²) in [4.78, 5) is 14.7. The van der Waals surface area contributed by atoms with Gasteiger partial charge in [-0.3, -0.25) is 4.79 Å². The summed E-state index contributed by atoms with van der Waals surface area (Å²) in [6, 6.07) is 10.5. The smallest absolute Gasteiger partial charge is 0.276 e. The van der Waals surface area contributed by atoms with E-state index in [0.29, 0.717) is 5.69 Å². The molecule has 0 unspecified atom stereocenters. The van der Waals surface area contributed by atoms with Crippen LogP contribution in [0.25, 0.3) is 0 Å². The minimum atomic E-state index is -0.0595. The Morgan fingerprint density at radius 1 is 1.23 bits per heavy atom. The van der Waals surface area contributed by atoms with Crippen molar-refractivity contribution in [1.29, 1.82) is 0 Å². The molecular formula is C18H23N3O. The van der Waals surface area contributed by atoms with E-state index in [1.807, 2.05) is 6.92 Å². The van der Waals surface area contributed by atoms with E-state index in [-0.39, 0.29) is 5.56 Å². The highest BCUT2D eigenvalue weighted by atomic mass is 16.1. The van der Waals surface area contributed by atoms with Crippen LogP contribution in [0.3, 0.4) is 0 Å². The Kier molecular flexibility index (Phi) is 3.92. The number of aromatic nitrogens is 1. The maximum absolute atomic E-state index is 12.5. The van der Waals surface area contributed by atoms with E-state index in [4.69, 9.17) is 5.73 Å². The summed E-state index contributed by atoms with van der Waals surface area (Å²) in [7, 11) is 0. The van der Waals surface area contributed by atoms with Crippen molar-refractivity contribution in [1.82, 2.24) is 4.57 Å². The molecule has 0 amide bonds. The highest BCUT2D eigenvalue weighted by Crippen LogP contribution is 2.27. The minimum absolute atomic E-state index is 0.0595. The van der Waals surface area contributed by atoms with Crippen molar-refractivity contribution in [2.45, 2.75) is 39.8 Å². The lowest BCUT2D eigenvalue weighted by Gasteiger charge is -2.32. The Labute approximate surface area is 131 Å². The van der Waals surface area contributed by atoms with Crippen molar-refractivity contribution >= 4 is 11.4 Å². The molecule has 2 heterocycles. The van der Waals surface area contributed by atoms with Gasteiger partial charge < -0.3 is 15.2 Å². The average Bonchev–Trinajstić information content (AvgIpc) is 2.54. The first-order chi connectivity index (χ1) is 10.6. The Morgan fingerprint density at radius 2 is 1.95 bits per heavy atom. The predicted octanol–water partition coefficient (Wildman–Crippen LogP) is 2.71. The average molecular weight is 297 g/mol. The molecule has 2 aromatic rings. The second-order valence-corrected chi connectivity index (χ2v) is 5.98. The summed E-state index contributed by atoms with van der Waals surface area (Å²) in [5, 5.41) is 0. The van der Waals surface area contributed by atoms with Gasteiger partial charge in [0.15, 0.2) is 0 Å². The monoisotopic (exact) mass is 297 g/mol. The Hall–Kier alpha value is -2.23. The number of nitrogen functional groups attached to an aromatic ring is 1. The van der Waals surface area contributed by atoms with Crippen molar-refractivity contribution in [2.24, 2.45) is 0 Å². The van der Waals surface area contributed by atoms with Crippen molar-refractivity contribution < 1.29 is 0 Å². The van der Waals surface area contributed by atoms with Crippen molar-refractivity contribution in [3.63, 3.8) is 0 Å². The quantitative estimate of drug-likeness (QED) is 0.947. The molecule has 0 bridgehead atoms. The Balaban J connectivity index is 1.98. The van der Waals surface area contributed by atoms with Crippen LogP contribution in [0.15, 0.2) is 35.1 Å². The molecule has 1 aliphatic rings. The van der Waals surface area contributed by atoms with Crippen LogP contribution in [-0.4, -0.2) is 11.1 Å². The number of hydrogen-bond acceptors (Lipinski definition) is 3. The third-order valence-corrected chi connectivity index (χ3v) is 4.44. The summed E-state index contributed by atoms with van der Waals surface area (Å²) in [5.74, 6) is 0. The Bertz CT molecular complexity index is 748. The summed E-state index contributed by atoms with van der Waals surface area (Å²) < 4.78 is 1.77. The lowest BCUT2D eigenvalue weighted by atomic mass is 9.99. The maximum atomic E-state index is 12.5. The first kappa shape index (κ1) is 14.7. The van der Waals surface area contributed by atoms with Gasteiger partial charge in [-0.2, -0.15) is 0 Å². The van der Waals surface area contributed by atoms with Gasteiger partial charge in [0, 0.05) is 25.3 Å². The van der Waals surface area contributed by atoms with Crippen LogP contribution in [-0.2, 0) is 19.5 Å². The van der Waals surface area contributed by atoms with Gasteiger partial charge in [-0.15, -0.1) is 0 Å². The third-order valence-electron chi connectivity index (χ3n) is 4.44. The van der Waals surface area contributed by atoms with Crippen LogP contribution in [0.2, 0.25) is 0 Å². The molecule has 1 aliphatic heterocycles. The van der Waals surface area contributed by atoms with Gasteiger partial charge in [0.2, 0.25) is 0 Å². The van der Waals surface area contributed by atoms with Crippen molar-refractivity contribution in [3.8, 4) is 0 Å².